The standard InChI is InChI=1S/C21H16N2O3S/c1-3-12-23-19(13-8-10-14(26-2)11-9-13)22-20-17(21(23)25)18(24)15-6-4-5-7-16(15)27-20/h3-11H,1,12H2,2H3. The molecule has 0 aliphatic heterocycles. The Morgan fingerprint density at radius 3 is 2.59 bits per heavy atom. The van der Waals surface area contributed by atoms with E-state index in [9.17, 15) is 9.59 Å². The second kappa shape index (κ2) is 6.81. The van der Waals surface area contributed by atoms with Crippen molar-refractivity contribution >= 4 is 31.6 Å². The fourth-order valence-corrected chi connectivity index (χ4v) is 4.08. The van der Waals surface area contributed by atoms with Crippen LogP contribution in [-0.4, -0.2) is 16.7 Å². The van der Waals surface area contributed by atoms with Crippen molar-refractivity contribution in [1.82, 2.24) is 9.55 Å². The monoisotopic (exact) mass is 376 g/mol. The van der Waals surface area contributed by atoms with Crippen LogP contribution in [0.4, 0.5) is 0 Å². The Bertz CT molecular complexity index is 1290. The molecule has 4 aromatic rings. The van der Waals surface area contributed by atoms with E-state index in [4.69, 9.17) is 4.74 Å². The molecule has 0 atom stereocenters. The smallest absolute Gasteiger partial charge is 0.266 e. The van der Waals surface area contributed by atoms with Crippen LogP contribution in [0.1, 0.15) is 0 Å². The summed E-state index contributed by atoms with van der Waals surface area (Å²) in [5.41, 5.74) is 0.137. The van der Waals surface area contributed by atoms with Crippen LogP contribution in [0.15, 0.2) is 70.8 Å². The van der Waals surface area contributed by atoms with Gasteiger partial charge in [0.25, 0.3) is 5.56 Å². The minimum Gasteiger partial charge on any atom is -0.497 e. The van der Waals surface area contributed by atoms with Gasteiger partial charge >= 0.3 is 0 Å². The van der Waals surface area contributed by atoms with Gasteiger partial charge in [-0.25, -0.2) is 4.98 Å². The van der Waals surface area contributed by atoms with Crippen molar-refractivity contribution in [2.24, 2.45) is 0 Å². The molecule has 27 heavy (non-hydrogen) atoms. The van der Waals surface area contributed by atoms with E-state index in [0.29, 0.717) is 21.8 Å². The lowest BCUT2D eigenvalue weighted by atomic mass is 10.2. The minimum absolute atomic E-state index is 0.123. The second-order valence-electron chi connectivity index (χ2n) is 5.98. The Hall–Kier alpha value is -3.25. The third-order valence-electron chi connectivity index (χ3n) is 4.36. The summed E-state index contributed by atoms with van der Waals surface area (Å²) in [6, 6.07) is 14.6. The molecule has 4 rings (SSSR count). The number of hydrogen-bond acceptors (Lipinski definition) is 5. The molecule has 2 aromatic heterocycles. The van der Waals surface area contributed by atoms with Crippen molar-refractivity contribution in [3.05, 3.63) is 81.8 Å². The van der Waals surface area contributed by atoms with Crippen molar-refractivity contribution in [2.75, 3.05) is 7.11 Å². The summed E-state index contributed by atoms with van der Waals surface area (Å²) >= 11 is 1.35. The van der Waals surface area contributed by atoms with Gasteiger partial charge in [-0.1, -0.05) is 18.2 Å². The summed E-state index contributed by atoms with van der Waals surface area (Å²) < 4.78 is 7.49. The number of rotatable bonds is 4. The summed E-state index contributed by atoms with van der Waals surface area (Å²) in [5, 5.41) is 0.661. The Morgan fingerprint density at radius 2 is 1.89 bits per heavy atom. The van der Waals surface area contributed by atoms with E-state index in [2.05, 4.69) is 11.6 Å². The first-order valence-corrected chi connectivity index (χ1v) is 9.17. The number of hydrogen-bond donors (Lipinski definition) is 0. The number of benzene rings is 2. The fraction of sp³-hybridized carbons (Fsp3) is 0.0952. The molecule has 0 aliphatic carbocycles. The summed E-state index contributed by atoms with van der Waals surface area (Å²) in [4.78, 5) is 31.2. The van der Waals surface area contributed by atoms with Crippen LogP contribution in [0, 0.1) is 0 Å². The van der Waals surface area contributed by atoms with Crippen molar-refractivity contribution in [3.63, 3.8) is 0 Å². The predicted molar refractivity (Wildman–Crippen MR) is 110 cm³/mol. The fourth-order valence-electron chi connectivity index (χ4n) is 3.04. The van der Waals surface area contributed by atoms with Crippen molar-refractivity contribution in [3.8, 4) is 17.1 Å². The lowest BCUT2D eigenvalue weighted by molar-refractivity contribution is 0.415. The molecule has 2 heterocycles. The number of nitrogens with zero attached hydrogens (tertiary/aromatic N) is 2. The zero-order chi connectivity index (χ0) is 19.0. The third-order valence-corrected chi connectivity index (χ3v) is 5.43. The largest absolute Gasteiger partial charge is 0.497 e. The predicted octanol–water partition coefficient (Wildman–Crippen LogP) is 3.83. The summed E-state index contributed by atoms with van der Waals surface area (Å²) in [7, 11) is 1.60. The first-order chi connectivity index (χ1) is 13.1. The maximum Gasteiger partial charge on any atom is 0.266 e. The Balaban J connectivity index is 2.10. The Labute approximate surface area is 158 Å². The number of ether oxygens (including phenoxy) is 1. The highest BCUT2D eigenvalue weighted by molar-refractivity contribution is 7.24. The Morgan fingerprint density at radius 1 is 1.15 bits per heavy atom. The highest BCUT2D eigenvalue weighted by Gasteiger charge is 2.17. The quantitative estimate of drug-likeness (QED) is 0.401. The van der Waals surface area contributed by atoms with Crippen molar-refractivity contribution in [2.45, 2.75) is 6.54 Å². The number of fused-ring (bicyclic) bond motifs is 2. The van der Waals surface area contributed by atoms with Gasteiger partial charge in [-0.2, -0.15) is 0 Å². The molecule has 134 valence electrons. The van der Waals surface area contributed by atoms with Gasteiger partial charge in [0.15, 0.2) is 0 Å². The average Bonchev–Trinajstić information content (AvgIpc) is 2.70. The molecule has 0 unspecified atom stereocenters. The van der Waals surface area contributed by atoms with Crippen LogP contribution in [-0.2, 0) is 6.54 Å². The maximum absolute atomic E-state index is 13.2. The van der Waals surface area contributed by atoms with Crippen LogP contribution in [0.25, 0.3) is 31.7 Å². The SMILES string of the molecule is C=CCn1c(-c2ccc(OC)cc2)nc2sc3ccccc3c(=O)c2c1=O. The van der Waals surface area contributed by atoms with Crippen LogP contribution in [0.3, 0.4) is 0 Å². The lowest BCUT2D eigenvalue weighted by Gasteiger charge is -2.12. The maximum atomic E-state index is 13.2. The molecule has 2 aromatic carbocycles. The van der Waals surface area contributed by atoms with E-state index in [1.54, 1.807) is 25.3 Å². The van der Waals surface area contributed by atoms with Crippen LogP contribution < -0.4 is 15.7 Å². The van der Waals surface area contributed by atoms with Crippen LogP contribution in [0.5, 0.6) is 5.75 Å². The molecular weight excluding hydrogens is 360 g/mol. The number of methoxy groups -OCH3 is 1. The van der Waals surface area contributed by atoms with Gasteiger partial charge in [-0.15, -0.1) is 17.9 Å². The molecule has 0 fully saturated rings. The molecule has 6 heteroatoms. The van der Waals surface area contributed by atoms with E-state index in [-0.39, 0.29) is 22.9 Å². The van der Waals surface area contributed by atoms with Gasteiger partial charge in [0.05, 0.1) is 7.11 Å². The van der Waals surface area contributed by atoms with Gasteiger partial charge in [0.1, 0.15) is 21.8 Å². The van der Waals surface area contributed by atoms with Gasteiger partial charge in [0.2, 0.25) is 5.43 Å². The highest BCUT2D eigenvalue weighted by Crippen LogP contribution is 2.25. The van der Waals surface area contributed by atoms with E-state index in [1.165, 1.54) is 15.9 Å². The number of allylic oxidation sites excluding steroid dienone is 1. The minimum atomic E-state index is -0.349. The summed E-state index contributed by atoms with van der Waals surface area (Å²) in [6.45, 7) is 3.99. The molecule has 5 nitrogen and oxygen atoms in total. The van der Waals surface area contributed by atoms with Gasteiger partial charge in [-0.05, 0) is 36.4 Å². The first-order valence-electron chi connectivity index (χ1n) is 8.35. The molecular formula is C21H16N2O3S. The lowest BCUT2D eigenvalue weighted by Crippen LogP contribution is -2.26. The molecule has 0 N–H and O–H groups in total. The molecule has 0 amide bonds. The third kappa shape index (κ3) is 2.84. The average molecular weight is 376 g/mol. The zero-order valence-corrected chi connectivity index (χ0v) is 15.5. The molecule has 0 spiro atoms. The van der Waals surface area contributed by atoms with Crippen LogP contribution >= 0.6 is 11.3 Å². The van der Waals surface area contributed by atoms with Crippen molar-refractivity contribution in [1.29, 1.82) is 0 Å². The van der Waals surface area contributed by atoms with E-state index >= 15 is 0 Å². The summed E-state index contributed by atoms with van der Waals surface area (Å²) in [5.74, 6) is 1.22. The molecule has 0 radical (unpaired) electrons. The zero-order valence-electron chi connectivity index (χ0n) is 14.6. The Kier molecular flexibility index (Phi) is 4.33. The topological polar surface area (TPSA) is 61.2 Å². The number of aromatic nitrogens is 2. The molecule has 0 saturated heterocycles. The normalized spacial score (nSPS) is 11.0. The second-order valence-corrected chi connectivity index (χ2v) is 7.01. The first kappa shape index (κ1) is 17.2. The van der Waals surface area contributed by atoms with Gasteiger partial charge in [-0.3, -0.25) is 14.2 Å². The molecule has 0 aliphatic rings. The van der Waals surface area contributed by atoms with E-state index in [0.717, 1.165) is 10.3 Å². The van der Waals surface area contributed by atoms with Gasteiger partial charge < -0.3 is 4.74 Å². The molecule has 0 saturated carbocycles. The van der Waals surface area contributed by atoms with E-state index in [1.807, 2.05) is 36.4 Å². The highest BCUT2D eigenvalue weighted by atomic mass is 32.1. The van der Waals surface area contributed by atoms with Crippen LogP contribution in [0.2, 0.25) is 0 Å². The molecule has 0 bridgehead atoms. The summed E-state index contributed by atoms with van der Waals surface area (Å²) in [6.07, 6.45) is 1.62. The van der Waals surface area contributed by atoms with E-state index < -0.39 is 0 Å². The van der Waals surface area contributed by atoms with Crippen molar-refractivity contribution < 1.29 is 4.74 Å². The van der Waals surface area contributed by atoms with Gasteiger partial charge in [0, 0.05) is 22.2 Å².